The smallest absolute Gasteiger partial charge is 0.126 e. The third-order valence-electron chi connectivity index (χ3n) is 2.99. The molecule has 20 heavy (non-hydrogen) atoms. The van der Waals surface area contributed by atoms with Crippen LogP contribution < -0.4 is 4.74 Å². The number of hydrogen-bond donors (Lipinski definition) is 0. The van der Waals surface area contributed by atoms with Crippen molar-refractivity contribution in [2.45, 2.75) is 13.1 Å². The lowest BCUT2D eigenvalue weighted by Crippen LogP contribution is -2.17. The van der Waals surface area contributed by atoms with E-state index in [0.717, 1.165) is 17.4 Å². The Morgan fingerprint density at radius 2 is 1.45 bits per heavy atom. The van der Waals surface area contributed by atoms with E-state index >= 15 is 0 Å². The third-order valence-corrected chi connectivity index (χ3v) is 2.99. The molecule has 2 nitrogen and oxygen atoms in total. The van der Waals surface area contributed by atoms with E-state index in [2.05, 4.69) is 0 Å². The number of benzene rings is 2. The summed E-state index contributed by atoms with van der Waals surface area (Å²) < 4.78 is 31.3. The zero-order valence-corrected chi connectivity index (χ0v) is 11.6. The van der Waals surface area contributed by atoms with Crippen LogP contribution in [0.3, 0.4) is 0 Å². The van der Waals surface area contributed by atoms with Crippen LogP contribution in [0.4, 0.5) is 8.78 Å². The van der Waals surface area contributed by atoms with E-state index in [1.54, 1.807) is 7.11 Å². The Kier molecular flexibility index (Phi) is 4.69. The molecule has 106 valence electrons. The van der Waals surface area contributed by atoms with Crippen molar-refractivity contribution in [3.63, 3.8) is 0 Å². The number of ether oxygens (including phenoxy) is 1. The molecule has 0 unspecified atom stereocenters. The van der Waals surface area contributed by atoms with Gasteiger partial charge in [-0.3, -0.25) is 4.90 Å². The summed E-state index contributed by atoms with van der Waals surface area (Å²) in [6.07, 6.45) is 0. The van der Waals surface area contributed by atoms with E-state index in [1.807, 2.05) is 36.2 Å². The monoisotopic (exact) mass is 277 g/mol. The van der Waals surface area contributed by atoms with Crippen LogP contribution in [0.2, 0.25) is 0 Å². The number of rotatable bonds is 5. The Labute approximate surface area is 117 Å². The topological polar surface area (TPSA) is 12.5 Å². The molecular formula is C16H17F2NO. The minimum Gasteiger partial charge on any atom is -0.497 e. The molecule has 0 radical (unpaired) electrons. The normalized spacial score (nSPS) is 10.8. The van der Waals surface area contributed by atoms with Gasteiger partial charge in [-0.25, -0.2) is 8.78 Å². The number of halogens is 2. The Morgan fingerprint density at radius 3 is 2.00 bits per heavy atom. The lowest BCUT2D eigenvalue weighted by atomic mass is 10.1. The van der Waals surface area contributed by atoms with Gasteiger partial charge in [-0.05, 0) is 42.4 Å². The summed E-state index contributed by atoms with van der Waals surface area (Å²) in [4.78, 5) is 2.00. The zero-order valence-electron chi connectivity index (χ0n) is 11.6. The molecule has 0 saturated carbocycles. The van der Waals surface area contributed by atoms with E-state index in [4.69, 9.17) is 4.74 Å². The molecule has 0 atom stereocenters. The van der Waals surface area contributed by atoms with Crippen LogP contribution >= 0.6 is 0 Å². The fraction of sp³-hybridized carbons (Fsp3) is 0.250. The zero-order chi connectivity index (χ0) is 14.5. The van der Waals surface area contributed by atoms with E-state index < -0.39 is 11.6 Å². The average Bonchev–Trinajstić information content (AvgIpc) is 2.38. The molecule has 0 fully saturated rings. The van der Waals surface area contributed by atoms with Crippen molar-refractivity contribution in [2.75, 3.05) is 14.2 Å². The predicted molar refractivity (Wildman–Crippen MR) is 74.5 cm³/mol. The fourth-order valence-corrected chi connectivity index (χ4v) is 2.11. The Morgan fingerprint density at radius 1 is 0.900 bits per heavy atom. The van der Waals surface area contributed by atoms with Gasteiger partial charge in [0.2, 0.25) is 0 Å². The number of methoxy groups -OCH3 is 1. The van der Waals surface area contributed by atoms with Crippen LogP contribution in [-0.2, 0) is 13.1 Å². The lowest BCUT2D eigenvalue weighted by Gasteiger charge is -2.17. The van der Waals surface area contributed by atoms with Crippen molar-refractivity contribution in [3.05, 3.63) is 65.2 Å². The van der Waals surface area contributed by atoms with Gasteiger partial charge in [0.05, 0.1) is 7.11 Å². The molecule has 2 aromatic rings. The van der Waals surface area contributed by atoms with Crippen LogP contribution in [0, 0.1) is 11.6 Å². The molecule has 0 heterocycles. The average molecular weight is 277 g/mol. The summed E-state index contributed by atoms with van der Waals surface area (Å²) in [5.74, 6) is -0.278. The molecular weight excluding hydrogens is 260 g/mol. The van der Waals surface area contributed by atoms with Gasteiger partial charge in [0, 0.05) is 19.2 Å². The largest absolute Gasteiger partial charge is 0.497 e. The first-order valence-electron chi connectivity index (χ1n) is 6.33. The molecule has 0 aromatic heterocycles. The van der Waals surface area contributed by atoms with Gasteiger partial charge in [-0.2, -0.15) is 0 Å². The quantitative estimate of drug-likeness (QED) is 0.828. The first-order valence-corrected chi connectivity index (χ1v) is 6.33. The van der Waals surface area contributed by atoms with Crippen molar-refractivity contribution >= 4 is 0 Å². The molecule has 0 aliphatic rings. The summed E-state index contributed by atoms with van der Waals surface area (Å²) in [6, 6.07) is 11.3. The van der Waals surface area contributed by atoms with Crippen LogP contribution in [0.1, 0.15) is 11.1 Å². The molecule has 0 amide bonds. The van der Waals surface area contributed by atoms with Gasteiger partial charge in [-0.15, -0.1) is 0 Å². The van der Waals surface area contributed by atoms with Gasteiger partial charge in [0.1, 0.15) is 17.4 Å². The van der Waals surface area contributed by atoms with Gasteiger partial charge < -0.3 is 4.74 Å². The highest BCUT2D eigenvalue weighted by Gasteiger charge is 2.05. The predicted octanol–water partition coefficient (Wildman–Crippen LogP) is 3.61. The van der Waals surface area contributed by atoms with Crippen molar-refractivity contribution in [3.8, 4) is 5.75 Å². The van der Waals surface area contributed by atoms with Crippen LogP contribution in [-0.4, -0.2) is 19.1 Å². The molecule has 0 bridgehead atoms. The molecule has 2 rings (SSSR count). The highest BCUT2D eigenvalue weighted by molar-refractivity contribution is 5.27. The molecule has 0 N–H and O–H groups in total. The summed E-state index contributed by atoms with van der Waals surface area (Å²) in [5, 5.41) is 0. The SMILES string of the molecule is COc1ccc(CN(C)Cc2cc(F)cc(F)c2)cc1. The van der Waals surface area contributed by atoms with E-state index in [0.29, 0.717) is 18.7 Å². The first kappa shape index (κ1) is 14.5. The van der Waals surface area contributed by atoms with Crippen molar-refractivity contribution in [2.24, 2.45) is 0 Å². The summed E-state index contributed by atoms with van der Waals surface area (Å²) in [7, 11) is 3.53. The van der Waals surface area contributed by atoms with Gasteiger partial charge in [-0.1, -0.05) is 12.1 Å². The maximum Gasteiger partial charge on any atom is 0.126 e. The van der Waals surface area contributed by atoms with Gasteiger partial charge >= 0.3 is 0 Å². The Bertz CT molecular complexity index is 549. The Balaban J connectivity index is 1.98. The number of nitrogens with zero attached hydrogens (tertiary/aromatic N) is 1. The van der Waals surface area contributed by atoms with Crippen LogP contribution in [0.25, 0.3) is 0 Å². The van der Waals surface area contributed by atoms with E-state index in [-0.39, 0.29) is 0 Å². The molecule has 2 aromatic carbocycles. The third kappa shape index (κ3) is 4.03. The van der Waals surface area contributed by atoms with Crippen LogP contribution in [0.5, 0.6) is 5.75 Å². The molecule has 0 aliphatic carbocycles. The molecule has 0 saturated heterocycles. The maximum atomic E-state index is 13.1. The fourth-order valence-electron chi connectivity index (χ4n) is 2.11. The minimum absolute atomic E-state index is 0.487. The van der Waals surface area contributed by atoms with E-state index in [9.17, 15) is 8.78 Å². The second-order valence-electron chi connectivity index (χ2n) is 4.80. The minimum atomic E-state index is -0.544. The molecule has 4 heteroatoms. The van der Waals surface area contributed by atoms with Crippen molar-refractivity contribution in [1.29, 1.82) is 0 Å². The summed E-state index contributed by atoms with van der Waals surface area (Å²) in [6.45, 7) is 1.18. The standard InChI is InChI=1S/C16H17F2NO/c1-19(10-12-3-5-16(20-2)6-4-12)11-13-7-14(17)9-15(18)8-13/h3-9H,10-11H2,1-2H3. The van der Waals surface area contributed by atoms with Gasteiger partial charge in [0.15, 0.2) is 0 Å². The highest BCUT2D eigenvalue weighted by Crippen LogP contribution is 2.14. The summed E-state index contributed by atoms with van der Waals surface area (Å²) >= 11 is 0. The maximum absolute atomic E-state index is 13.1. The second kappa shape index (κ2) is 6.48. The van der Waals surface area contributed by atoms with Crippen molar-refractivity contribution in [1.82, 2.24) is 4.90 Å². The van der Waals surface area contributed by atoms with Crippen molar-refractivity contribution < 1.29 is 13.5 Å². The van der Waals surface area contributed by atoms with Crippen LogP contribution in [0.15, 0.2) is 42.5 Å². The first-order chi connectivity index (χ1) is 9.56. The summed E-state index contributed by atoms with van der Waals surface area (Å²) in [5.41, 5.74) is 1.74. The number of hydrogen-bond acceptors (Lipinski definition) is 2. The molecule has 0 aliphatic heterocycles. The lowest BCUT2D eigenvalue weighted by molar-refractivity contribution is 0.317. The Hall–Kier alpha value is -1.94. The van der Waals surface area contributed by atoms with E-state index in [1.165, 1.54) is 12.1 Å². The second-order valence-corrected chi connectivity index (χ2v) is 4.80. The molecule has 0 spiro atoms. The highest BCUT2D eigenvalue weighted by atomic mass is 19.1. The van der Waals surface area contributed by atoms with Gasteiger partial charge in [0.25, 0.3) is 0 Å².